The van der Waals surface area contributed by atoms with Crippen molar-refractivity contribution in [1.82, 2.24) is 14.3 Å². The topological polar surface area (TPSA) is 113 Å². The fraction of sp³-hybridized carbons (Fsp3) is 0.409. The van der Waals surface area contributed by atoms with Gasteiger partial charge in [-0.05, 0) is 57.9 Å². The number of benzene rings is 2. The Hall–Kier alpha value is -2.27. The molecule has 1 atom stereocenters. The number of likely N-dealkylation sites (tertiary alicyclic amines) is 1. The van der Waals surface area contributed by atoms with Crippen molar-refractivity contribution >= 4 is 26.0 Å². The van der Waals surface area contributed by atoms with E-state index in [2.05, 4.69) is 9.44 Å². The van der Waals surface area contributed by atoms with E-state index < -0.39 is 26.1 Å². The second-order valence-corrected chi connectivity index (χ2v) is 11.6. The van der Waals surface area contributed by atoms with Gasteiger partial charge in [0.1, 0.15) is 0 Å². The lowest BCUT2D eigenvalue weighted by Gasteiger charge is -2.33. The highest BCUT2D eigenvalue weighted by Crippen LogP contribution is 2.17. The maximum atomic E-state index is 12.8. The summed E-state index contributed by atoms with van der Waals surface area (Å²) in [6, 6.07) is 11.8. The molecule has 1 aliphatic heterocycles. The van der Waals surface area contributed by atoms with Crippen molar-refractivity contribution < 1.29 is 21.6 Å². The van der Waals surface area contributed by atoms with Gasteiger partial charge in [-0.3, -0.25) is 4.79 Å². The van der Waals surface area contributed by atoms with E-state index in [4.69, 9.17) is 0 Å². The van der Waals surface area contributed by atoms with Crippen molar-refractivity contribution in [2.75, 3.05) is 13.1 Å². The molecule has 0 aromatic heterocycles. The van der Waals surface area contributed by atoms with Crippen LogP contribution in [0.3, 0.4) is 0 Å². The monoisotopic (exact) mass is 479 g/mol. The van der Waals surface area contributed by atoms with E-state index in [1.165, 1.54) is 19.1 Å². The number of sulfonamides is 2. The third kappa shape index (κ3) is 5.94. The van der Waals surface area contributed by atoms with Crippen LogP contribution in [-0.2, 0) is 24.8 Å². The molecule has 1 fully saturated rings. The van der Waals surface area contributed by atoms with Crippen LogP contribution < -0.4 is 9.44 Å². The first kappa shape index (κ1) is 24.4. The molecule has 2 N–H and O–H groups in total. The minimum atomic E-state index is -3.82. The van der Waals surface area contributed by atoms with E-state index in [9.17, 15) is 21.6 Å². The number of hydrogen-bond acceptors (Lipinski definition) is 5. The second kappa shape index (κ2) is 9.70. The average Bonchev–Trinajstić information content (AvgIpc) is 2.74. The van der Waals surface area contributed by atoms with Crippen LogP contribution >= 0.6 is 0 Å². The van der Waals surface area contributed by atoms with Gasteiger partial charge in [0.15, 0.2) is 0 Å². The number of nitrogens with one attached hydrogen (secondary N) is 2. The molecule has 0 unspecified atom stereocenters. The lowest BCUT2D eigenvalue weighted by molar-refractivity contribution is -0.133. The van der Waals surface area contributed by atoms with E-state index >= 15 is 0 Å². The predicted octanol–water partition coefficient (Wildman–Crippen LogP) is 1.94. The van der Waals surface area contributed by atoms with Gasteiger partial charge in [0.2, 0.25) is 26.0 Å². The standard InChI is InChI=1S/C22H29N3O5S2/c1-16-4-8-20(9-5-16)31(27,28)23-18(3)22(26)25-14-12-19(13-15-25)24-32(29,30)21-10-6-17(2)7-11-21/h4-11,18-19,23-24H,12-15H2,1-3H3/t18-/m0/s1. The molecule has 1 amide bonds. The number of piperidine rings is 1. The molecule has 0 radical (unpaired) electrons. The zero-order valence-corrected chi connectivity index (χ0v) is 20.0. The van der Waals surface area contributed by atoms with Gasteiger partial charge in [-0.2, -0.15) is 4.72 Å². The molecule has 10 heteroatoms. The molecule has 0 saturated carbocycles. The largest absolute Gasteiger partial charge is 0.341 e. The van der Waals surface area contributed by atoms with E-state index in [-0.39, 0.29) is 21.7 Å². The third-order valence-electron chi connectivity index (χ3n) is 5.49. The summed E-state index contributed by atoms with van der Waals surface area (Å²) < 4.78 is 55.4. The van der Waals surface area contributed by atoms with E-state index in [0.717, 1.165) is 11.1 Å². The quantitative estimate of drug-likeness (QED) is 0.630. The van der Waals surface area contributed by atoms with Crippen molar-refractivity contribution in [1.29, 1.82) is 0 Å². The maximum absolute atomic E-state index is 12.8. The molecular weight excluding hydrogens is 450 g/mol. The Bertz CT molecular complexity index is 1150. The predicted molar refractivity (Wildman–Crippen MR) is 122 cm³/mol. The molecule has 2 aromatic carbocycles. The second-order valence-electron chi connectivity index (χ2n) is 8.19. The Labute approximate surface area is 190 Å². The summed E-state index contributed by atoms with van der Waals surface area (Å²) in [6.45, 7) is 5.95. The Morgan fingerprint density at radius 1 is 0.844 bits per heavy atom. The fourth-order valence-electron chi connectivity index (χ4n) is 3.57. The first-order valence-electron chi connectivity index (χ1n) is 10.4. The van der Waals surface area contributed by atoms with Crippen molar-refractivity contribution in [2.24, 2.45) is 0 Å². The van der Waals surface area contributed by atoms with Gasteiger partial charge in [-0.1, -0.05) is 35.4 Å². The minimum Gasteiger partial charge on any atom is -0.341 e. The lowest BCUT2D eigenvalue weighted by atomic mass is 10.1. The van der Waals surface area contributed by atoms with Crippen LogP contribution in [-0.4, -0.2) is 52.8 Å². The highest BCUT2D eigenvalue weighted by molar-refractivity contribution is 7.89. The highest BCUT2D eigenvalue weighted by atomic mass is 32.2. The number of rotatable bonds is 7. The Morgan fingerprint density at radius 3 is 1.75 bits per heavy atom. The van der Waals surface area contributed by atoms with Crippen LogP contribution in [0.25, 0.3) is 0 Å². The normalized spacial score (nSPS) is 16.7. The molecule has 1 heterocycles. The van der Waals surface area contributed by atoms with Crippen LogP contribution in [0.2, 0.25) is 0 Å². The Morgan fingerprint density at radius 2 is 1.28 bits per heavy atom. The first-order chi connectivity index (χ1) is 15.0. The molecule has 32 heavy (non-hydrogen) atoms. The van der Waals surface area contributed by atoms with Crippen LogP contribution in [0.5, 0.6) is 0 Å². The zero-order chi connectivity index (χ0) is 23.5. The number of nitrogens with zero attached hydrogens (tertiary/aromatic N) is 1. The van der Waals surface area contributed by atoms with Gasteiger partial charge in [0.05, 0.1) is 15.8 Å². The molecule has 174 valence electrons. The van der Waals surface area contributed by atoms with Crippen LogP contribution in [0.4, 0.5) is 0 Å². The molecule has 8 nitrogen and oxygen atoms in total. The maximum Gasteiger partial charge on any atom is 0.241 e. The summed E-state index contributed by atoms with van der Waals surface area (Å²) in [7, 11) is -7.45. The fourth-order valence-corrected chi connectivity index (χ4v) is 6.07. The molecular formula is C22H29N3O5S2. The molecule has 2 aromatic rings. The SMILES string of the molecule is Cc1ccc(S(=O)(=O)NC2CCN(C(=O)[C@H](C)NS(=O)(=O)c3ccc(C)cc3)CC2)cc1. The Balaban J connectivity index is 1.55. The molecule has 1 saturated heterocycles. The molecule has 0 aliphatic carbocycles. The Kier molecular flexibility index (Phi) is 7.39. The highest BCUT2D eigenvalue weighted by Gasteiger charge is 2.30. The van der Waals surface area contributed by atoms with Crippen molar-refractivity contribution in [3.63, 3.8) is 0 Å². The summed E-state index contributed by atoms with van der Waals surface area (Å²) in [5, 5.41) is 0. The minimum absolute atomic E-state index is 0.104. The van der Waals surface area contributed by atoms with Gasteiger partial charge in [0, 0.05) is 19.1 Å². The van der Waals surface area contributed by atoms with Crippen LogP contribution in [0.15, 0.2) is 58.3 Å². The summed E-state index contributed by atoms with van der Waals surface area (Å²) in [5.74, 6) is -0.333. The van der Waals surface area contributed by atoms with Gasteiger partial charge < -0.3 is 4.90 Å². The average molecular weight is 480 g/mol. The van der Waals surface area contributed by atoms with Crippen LogP contribution in [0, 0.1) is 13.8 Å². The van der Waals surface area contributed by atoms with Crippen LogP contribution in [0.1, 0.15) is 30.9 Å². The number of hydrogen-bond donors (Lipinski definition) is 2. The van der Waals surface area contributed by atoms with Crippen molar-refractivity contribution in [3.8, 4) is 0 Å². The van der Waals surface area contributed by atoms with Gasteiger partial charge in [0.25, 0.3) is 0 Å². The van der Waals surface area contributed by atoms with Gasteiger partial charge in [-0.25, -0.2) is 21.6 Å². The van der Waals surface area contributed by atoms with E-state index in [1.807, 2.05) is 13.8 Å². The van der Waals surface area contributed by atoms with E-state index in [1.54, 1.807) is 41.3 Å². The lowest BCUT2D eigenvalue weighted by Crippen LogP contribution is -2.52. The number of carbonyl (C=O) groups is 1. The number of amides is 1. The summed E-state index contributed by atoms with van der Waals surface area (Å²) >= 11 is 0. The number of aryl methyl sites for hydroxylation is 2. The summed E-state index contributed by atoms with van der Waals surface area (Å²) in [5.41, 5.74) is 1.91. The smallest absolute Gasteiger partial charge is 0.241 e. The molecule has 0 bridgehead atoms. The molecule has 3 rings (SSSR count). The first-order valence-corrected chi connectivity index (χ1v) is 13.4. The molecule has 1 aliphatic rings. The van der Waals surface area contributed by atoms with Gasteiger partial charge in [-0.15, -0.1) is 0 Å². The molecule has 0 spiro atoms. The van der Waals surface area contributed by atoms with Crippen molar-refractivity contribution in [3.05, 3.63) is 59.7 Å². The summed E-state index contributed by atoms with van der Waals surface area (Å²) in [4.78, 5) is 14.6. The zero-order valence-electron chi connectivity index (χ0n) is 18.4. The third-order valence-corrected chi connectivity index (χ3v) is 8.59. The number of carbonyl (C=O) groups excluding carboxylic acids is 1. The summed E-state index contributed by atoms with van der Waals surface area (Å²) in [6.07, 6.45) is 0.905. The van der Waals surface area contributed by atoms with E-state index in [0.29, 0.717) is 25.9 Å². The van der Waals surface area contributed by atoms with Crippen molar-refractivity contribution in [2.45, 2.75) is 55.5 Å². The van der Waals surface area contributed by atoms with Gasteiger partial charge >= 0.3 is 0 Å².